The summed E-state index contributed by atoms with van der Waals surface area (Å²) in [5.74, 6) is 0.0656. The van der Waals surface area contributed by atoms with Crippen LogP contribution in [0, 0.1) is 6.92 Å². The molecule has 2 heterocycles. The SMILES string of the molecule is CC(=O)c1sc(NC(=O)CSc2nc3ccccc3s2)nc1C. The summed E-state index contributed by atoms with van der Waals surface area (Å²) >= 11 is 4.17. The summed E-state index contributed by atoms with van der Waals surface area (Å²) in [7, 11) is 0. The summed E-state index contributed by atoms with van der Waals surface area (Å²) in [5, 5.41) is 3.20. The van der Waals surface area contributed by atoms with Crippen LogP contribution in [-0.2, 0) is 4.79 Å². The summed E-state index contributed by atoms with van der Waals surface area (Å²) in [5.41, 5.74) is 1.60. The third-order valence-corrected chi connectivity index (χ3v) is 6.32. The molecule has 0 atom stereocenters. The van der Waals surface area contributed by atoms with E-state index >= 15 is 0 Å². The molecule has 0 fully saturated rings. The number of thiazole rings is 2. The Morgan fingerprint density at radius 2 is 2.00 bits per heavy atom. The maximum atomic E-state index is 12.0. The summed E-state index contributed by atoms with van der Waals surface area (Å²) in [6.45, 7) is 3.26. The molecule has 5 nitrogen and oxygen atoms in total. The van der Waals surface area contributed by atoms with Crippen LogP contribution in [0.3, 0.4) is 0 Å². The highest BCUT2D eigenvalue weighted by atomic mass is 32.2. The Morgan fingerprint density at radius 3 is 2.70 bits per heavy atom. The Kier molecular flexibility index (Phi) is 4.74. The van der Waals surface area contributed by atoms with Gasteiger partial charge in [0.1, 0.15) is 0 Å². The lowest BCUT2D eigenvalue weighted by Gasteiger charge is -1.99. The Morgan fingerprint density at radius 1 is 1.22 bits per heavy atom. The van der Waals surface area contributed by atoms with Crippen molar-refractivity contribution in [2.45, 2.75) is 18.2 Å². The van der Waals surface area contributed by atoms with Crippen molar-refractivity contribution in [3.63, 3.8) is 0 Å². The van der Waals surface area contributed by atoms with Gasteiger partial charge in [-0.05, 0) is 19.1 Å². The van der Waals surface area contributed by atoms with E-state index in [0.717, 1.165) is 14.6 Å². The first-order valence-corrected chi connectivity index (χ1v) is 9.41. The molecule has 118 valence electrons. The molecule has 1 amide bonds. The van der Waals surface area contributed by atoms with Crippen molar-refractivity contribution in [2.75, 3.05) is 11.1 Å². The Labute approximate surface area is 145 Å². The molecule has 1 aromatic carbocycles. The molecule has 3 rings (SSSR count). The standard InChI is InChI=1S/C15H13N3O2S3/c1-8-13(9(2)19)23-14(16-8)18-12(20)7-21-15-17-10-5-3-4-6-11(10)22-15/h3-6H,7H2,1-2H3,(H,16,18,20). The van der Waals surface area contributed by atoms with E-state index in [4.69, 9.17) is 0 Å². The normalized spacial score (nSPS) is 10.9. The summed E-state index contributed by atoms with van der Waals surface area (Å²) < 4.78 is 1.97. The molecular formula is C15H13N3O2S3. The molecule has 0 aliphatic heterocycles. The van der Waals surface area contributed by atoms with E-state index in [-0.39, 0.29) is 17.4 Å². The number of para-hydroxylation sites is 1. The van der Waals surface area contributed by atoms with Crippen LogP contribution in [0.5, 0.6) is 0 Å². The zero-order valence-corrected chi connectivity index (χ0v) is 14.9. The van der Waals surface area contributed by atoms with Gasteiger partial charge in [-0.3, -0.25) is 9.59 Å². The second-order valence-corrected chi connectivity index (χ2v) is 8.03. The molecular weight excluding hydrogens is 350 g/mol. The number of ketones is 1. The average molecular weight is 363 g/mol. The fourth-order valence-corrected chi connectivity index (χ4v) is 4.72. The largest absolute Gasteiger partial charge is 0.301 e. The lowest BCUT2D eigenvalue weighted by molar-refractivity contribution is -0.113. The van der Waals surface area contributed by atoms with E-state index in [2.05, 4.69) is 15.3 Å². The lowest BCUT2D eigenvalue weighted by Crippen LogP contribution is -2.13. The molecule has 0 saturated heterocycles. The first kappa shape index (κ1) is 16.1. The molecule has 1 N–H and O–H groups in total. The van der Waals surface area contributed by atoms with Gasteiger partial charge in [-0.1, -0.05) is 35.2 Å². The van der Waals surface area contributed by atoms with Crippen LogP contribution in [0.1, 0.15) is 22.3 Å². The smallest absolute Gasteiger partial charge is 0.236 e. The maximum absolute atomic E-state index is 12.0. The average Bonchev–Trinajstić information content (AvgIpc) is 3.08. The van der Waals surface area contributed by atoms with Crippen molar-refractivity contribution in [1.82, 2.24) is 9.97 Å². The number of benzene rings is 1. The van der Waals surface area contributed by atoms with E-state index in [9.17, 15) is 9.59 Å². The van der Waals surface area contributed by atoms with Crippen molar-refractivity contribution in [2.24, 2.45) is 0 Å². The van der Waals surface area contributed by atoms with E-state index in [1.165, 1.54) is 30.0 Å². The van der Waals surface area contributed by atoms with E-state index < -0.39 is 0 Å². The van der Waals surface area contributed by atoms with E-state index in [0.29, 0.717) is 15.7 Å². The number of nitrogens with one attached hydrogen (secondary N) is 1. The molecule has 0 unspecified atom stereocenters. The minimum atomic E-state index is -0.155. The number of carbonyl (C=O) groups is 2. The first-order valence-electron chi connectivity index (χ1n) is 6.79. The van der Waals surface area contributed by atoms with Gasteiger partial charge in [0.15, 0.2) is 15.3 Å². The quantitative estimate of drug-likeness (QED) is 0.548. The van der Waals surface area contributed by atoms with Gasteiger partial charge < -0.3 is 5.32 Å². The molecule has 8 heteroatoms. The number of aryl methyl sites for hydroxylation is 1. The minimum absolute atomic E-state index is 0.0376. The monoisotopic (exact) mass is 363 g/mol. The predicted molar refractivity (Wildman–Crippen MR) is 95.8 cm³/mol. The summed E-state index contributed by atoms with van der Waals surface area (Å²) in [6, 6.07) is 7.88. The fourth-order valence-electron chi connectivity index (χ4n) is 1.97. The predicted octanol–water partition coefficient (Wildman–Crippen LogP) is 3.99. The number of aromatic nitrogens is 2. The number of rotatable bonds is 5. The van der Waals surface area contributed by atoms with Gasteiger partial charge in [0, 0.05) is 6.92 Å². The number of fused-ring (bicyclic) bond motifs is 1. The Bertz CT molecular complexity index is 852. The van der Waals surface area contributed by atoms with Gasteiger partial charge in [0.25, 0.3) is 0 Å². The lowest BCUT2D eigenvalue weighted by atomic mass is 10.3. The summed E-state index contributed by atoms with van der Waals surface area (Å²) in [6.07, 6.45) is 0. The molecule has 0 aliphatic carbocycles. The Balaban J connectivity index is 1.61. The molecule has 2 aromatic heterocycles. The highest BCUT2D eigenvalue weighted by molar-refractivity contribution is 8.01. The zero-order chi connectivity index (χ0) is 16.4. The summed E-state index contributed by atoms with van der Waals surface area (Å²) in [4.78, 5) is 32.7. The van der Waals surface area contributed by atoms with Crippen molar-refractivity contribution in [3.8, 4) is 0 Å². The zero-order valence-electron chi connectivity index (χ0n) is 12.5. The number of amides is 1. The molecule has 0 spiro atoms. The van der Waals surface area contributed by atoms with Gasteiger partial charge >= 0.3 is 0 Å². The minimum Gasteiger partial charge on any atom is -0.301 e. The number of anilines is 1. The topological polar surface area (TPSA) is 72.0 Å². The van der Waals surface area contributed by atoms with Crippen LogP contribution in [0.2, 0.25) is 0 Å². The van der Waals surface area contributed by atoms with Crippen LogP contribution in [-0.4, -0.2) is 27.4 Å². The van der Waals surface area contributed by atoms with Crippen molar-refractivity contribution in [1.29, 1.82) is 0 Å². The third-order valence-electron chi connectivity index (χ3n) is 2.96. The Hall–Kier alpha value is -1.77. The van der Waals surface area contributed by atoms with Crippen molar-refractivity contribution < 1.29 is 9.59 Å². The number of hydrogen-bond donors (Lipinski definition) is 1. The van der Waals surface area contributed by atoms with Crippen LogP contribution in [0.4, 0.5) is 5.13 Å². The van der Waals surface area contributed by atoms with Gasteiger partial charge in [-0.25, -0.2) is 9.97 Å². The fraction of sp³-hybridized carbons (Fsp3) is 0.200. The van der Waals surface area contributed by atoms with E-state index in [1.54, 1.807) is 18.3 Å². The molecule has 0 aliphatic rings. The van der Waals surface area contributed by atoms with Gasteiger partial charge in [0.05, 0.1) is 26.5 Å². The first-order chi connectivity index (χ1) is 11.0. The van der Waals surface area contributed by atoms with Gasteiger partial charge in [-0.15, -0.1) is 11.3 Å². The molecule has 0 bridgehead atoms. The number of Topliss-reactive ketones (excluding diaryl/α,β-unsaturated/α-hetero) is 1. The molecule has 0 saturated carbocycles. The second-order valence-electron chi connectivity index (χ2n) is 4.77. The third kappa shape index (κ3) is 3.77. The van der Waals surface area contributed by atoms with Crippen LogP contribution in [0.25, 0.3) is 10.2 Å². The second kappa shape index (κ2) is 6.77. The highest BCUT2D eigenvalue weighted by Gasteiger charge is 2.14. The molecule has 0 radical (unpaired) electrons. The molecule has 3 aromatic rings. The van der Waals surface area contributed by atoms with Gasteiger partial charge in [0.2, 0.25) is 5.91 Å². The van der Waals surface area contributed by atoms with Crippen LogP contribution >= 0.6 is 34.4 Å². The van der Waals surface area contributed by atoms with E-state index in [1.807, 2.05) is 24.3 Å². The number of carbonyl (C=O) groups excluding carboxylic acids is 2. The van der Waals surface area contributed by atoms with Crippen LogP contribution in [0.15, 0.2) is 28.6 Å². The van der Waals surface area contributed by atoms with Crippen molar-refractivity contribution >= 4 is 61.5 Å². The van der Waals surface area contributed by atoms with Crippen LogP contribution < -0.4 is 5.32 Å². The number of hydrogen-bond acceptors (Lipinski definition) is 7. The number of thioether (sulfide) groups is 1. The number of nitrogens with zero attached hydrogens (tertiary/aromatic N) is 2. The highest BCUT2D eigenvalue weighted by Crippen LogP contribution is 2.29. The molecule has 23 heavy (non-hydrogen) atoms. The maximum Gasteiger partial charge on any atom is 0.236 e. The van der Waals surface area contributed by atoms with Crippen molar-refractivity contribution in [3.05, 3.63) is 34.8 Å². The van der Waals surface area contributed by atoms with Gasteiger partial charge in [-0.2, -0.15) is 0 Å².